The number of nitrogens with zero attached hydrogens (tertiary/aromatic N) is 1. The Bertz CT molecular complexity index is 381. The fourth-order valence-corrected chi connectivity index (χ4v) is 1.59. The normalized spacial score (nSPS) is 12.2. The van der Waals surface area contributed by atoms with E-state index in [9.17, 15) is 9.18 Å². The summed E-state index contributed by atoms with van der Waals surface area (Å²) in [5.41, 5.74) is 0.582. The van der Waals surface area contributed by atoms with Gasteiger partial charge in [-0.25, -0.2) is 4.39 Å². The maximum Gasteiger partial charge on any atom is 0.230 e. The predicted octanol–water partition coefficient (Wildman–Crippen LogP) is 2.03. The maximum atomic E-state index is 13.0. The molecule has 0 fully saturated rings. The molecule has 1 N–H and O–H groups in total. The van der Waals surface area contributed by atoms with Gasteiger partial charge in [-0.2, -0.15) is 0 Å². The molecule has 17 heavy (non-hydrogen) atoms. The van der Waals surface area contributed by atoms with Crippen LogP contribution >= 0.6 is 0 Å². The molecule has 1 aromatic rings. The van der Waals surface area contributed by atoms with E-state index in [4.69, 9.17) is 0 Å². The van der Waals surface area contributed by atoms with Crippen LogP contribution in [-0.4, -0.2) is 26.0 Å². The van der Waals surface area contributed by atoms with E-state index in [1.807, 2.05) is 13.8 Å². The lowest BCUT2D eigenvalue weighted by molar-refractivity contribution is -0.121. The van der Waals surface area contributed by atoms with Crippen LogP contribution in [0.2, 0.25) is 0 Å². The first-order valence-electron chi connectivity index (χ1n) is 5.80. The average Bonchev–Trinajstić information content (AvgIpc) is 2.34. The summed E-state index contributed by atoms with van der Waals surface area (Å²) >= 11 is 0. The van der Waals surface area contributed by atoms with E-state index in [2.05, 4.69) is 5.32 Å². The molecular weight excluding hydrogens is 219 g/mol. The molecule has 0 heterocycles. The zero-order valence-electron chi connectivity index (χ0n) is 10.5. The quantitative estimate of drug-likeness (QED) is 0.851. The van der Waals surface area contributed by atoms with Gasteiger partial charge in [0.25, 0.3) is 0 Å². The predicted molar refractivity (Wildman–Crippen MR) is 67.5 cm³/mol. The van der Waals surface area contributed by atoms with Crippen molar-refractivity contribution in [2.75, 3.05) is 25.0 Å². The molecule has 4 heteroatoms. The molecule has 0 saturated heterocycles. The lowest BCUT2D eigenvalue weighted by Gasteiger charge is -2.21. The van der Waals surface area contributed by atoms with Crippen molar-refractivity contribution in [2.45, 2.75) is 13.8 Å². The van der Waals surface area contributed by atoms with Crippen LogP contribution in [-0.2, 0) is 4.79 Å². The SMILES string of the molecule is CCNCC(C)C(=O)N(C)c1cccc(F)c1. The van der Waals surface area contributed by atoms with E-state index in [1.54, 1.807) is 19.2 Å². The van der Waals surface area contributed by atoms with Crippen molar-refractivity contribution in [3.05, 3.63) is 30.1 Å². The largest absolute Gasteiger partial charge is 0.316 e. The Morgan fingerprint density at radius 2 is 2.24 bits per heavy atom. The number of anilines is 1. The van der Waals surface area contributed by atoms with Crippen molar-refractivity contribution >= 4 is 11.6 Å². The second-order valence-corrected chi connectivity index (χ2v) is 4.09. The number of hydrogen-bond donors (Lipinski definition) is 1. The minimum atomic E-state index is -0.332. The summed E-state index contributed by atoms with van der Waals surface area (Å²) in [6, 6.07) is 6.05. The van der Waals surface area contributed by atoms with Crippen LogP contribution in [0.15, 0.2) is 24.3 Å². The smallest absolute Gasteiger partial charge is 0.230 e. The summed E-state index contributed by atoms with van der Waals surface area (Å²) in [5, 5.41) is 3.13. The van der Waals surface area contributed by atoms with Crippen molar-refractivity contribution in [3.63, 3.8) is 0 Å². The standard InChI is InChI=1S/C13H19FN2O/c1-4-15-9-10(2)13(17)16(3)12-7-5-6-11(14)8-12/h5-8,10,15H,4,9H2,1-3H3. The third-order valence-corrected chi connectivity index (χ3v) is 2.65. The van der Waals surface area contributed by atoms with Crippen molar-refractivity contribution in [3.8, 4) is 0 Å². The van der Waals surface area contributed by atoms with E-state index in [0.717, 1.165) is 6.54 Å². The molecule has 0 spiro atoms. The van der Waals surface area contributed by atoms with Crippen LogP contribution in [0.25, 0.3) is 0 Å². The highest BCUT2D eigenvalue weighted by Gasteiger charge is 2.18. The fourth-order valence-electron chi connectivity index (χ4n) is 1.59. The van der Waals surface area contributed by atoms with E-state index in [1.165, 1.54) is 17.0 Å². The van der Waals surface area contributed by atoms with E-state index >= 15 is 0 Å². The van der Waals surface area contributed by atoms with E-state index in [-0.39, 0.29) is 17.6 Å². The van der Waals surface area contributed by atoms with Crippen molar-refractivity contribution in [1.82, 2.24) is 5.32 Å². The van der Waals surface area contributed by atoms with Gasteiger partial charge in [0.05, 0.1) is 0 Å². The van der Waals surface area contributed by atoms with Gasteiger partial charge in [0.15, 0.2) is 0 Å². The van der Waals surface area contributed by atoms with Gasteiger partial charge in [-0.3, -0.25) is 4.79 Å². The van der Waals surface area contributed by atoms with Crippen LogP contribution in [0, 0.1) is 11.7 Å². The van der Waals surface area contributed by atoms with Crippen LogP contribution in [0.1, 0.15) is 13.8 Å². The van der Waals surface area contributed by atoms with Crippen molar-refractivity contribution in [2.24, 2.45) is 5.92 Å². The number of nitrogens with one attached hydrogen (secondary N) is 1. The summed E-state index contributed by atoms with van der Waals surface area (Å²) in [6.07, 6.45) is 0. The molecule has 0 radical (unpaired) electrons. The van der Waals surface area contributed by atoms with E-state index < -0.39 is 0 Å². The lowest BCUT2D eigenvalue weighted by atomic mass is 10.1. The first-order valence-corrected chi connectivity index (χ1v) is 5.80. The summed E-state index contributed by atoms with van der Waals surface area (Å²) in [4.78, 5) is 13.5. The van der Waals surface area contributed by atoms with Gasteiger partial charge in [-0.1, -0.05) is 19.9 Å². The molecule has 1 aromatic carbocycles. The first-order chi connectivity index (χ1) is 8.06. The molecule has 94 valence electrons. The molecule has 0 aliphatic rings. The van der Waals surface area contributed by atoms with Gasteiger partial charge in [-0.05, 0) is 24.7 Å². The highest BCUT2D eigenvalue weighted by molar-refractivity contribution is 5.94. The number of carbonyl (C=O) groups is 1. The third kappa shape index (κ3) is 3.82. The van der Waals surface area contributed by atoms with Crippen LogP contribution in [0.3, 0.4) is 0 Å². The molecule has 0 bridgehead atoms. The Morgan fingerprint density at radius 3 is 2.82 bits per heavy atom. The van der Waals surface area contributed by atoms with Gasteiger partial charge in [0.1, 0.15) is 5.82 Å². The molecule has 1 atom stereocenters. The van der Waals surface area contributed by atoms with Crippen LogP contribution in [0.5, 0.6) is 0 Å². The Balaban J connectivity index is 2.69. The molecule has 0 saturated carbocycles. The van der Waals surface area contributed by atoms with Gasteiger partial charge < -0.3 is 10.2 Å². The number of carbonyl (C=O) groups excluding carboxylic acids is 1. The number of rotatable bonds is 5. The molecule has 1 amide bonds. The minimum absolute atomic E-state index is 0.0171. The number of amides is 1. The Hall–Kier alpha value is -1.42. The maximum absolute atomic E-state index is 13.0. The second-order valence-electron chi connectivity index (χ2n) is 4.09. The van der Waals surface area contributed by atoms with Gasteiger partial charge in [-0.15, -0.1) is 0 Å². The minimum Gasteiger partial charge on any atom is -0.316 e. The van der Waals surface area contributed by atoms with E-state index in [0.29, 0.717) is 12.2 Å². The summed E-state index contributed by atoms with van der Waals surface area (Å²) in [6.45, 7) is 5.32. The molecule has 0 aliphatic heterocycles. The summed E-state index contributed by atoms with van der Waals surface area (Å²) in [7, 11) is 1.67. The zero-order valence-corrected chi connectivity index (χ0v) is 10.5. The Kier molecular flexibility index (Phi) is 5.10. The van der Waals surface area contributed by atoms with Crippen molar-refractivity contribution in [1.29, 1.82) is 0 Å². The zero-order chi connectivity index (χ0) is 12.8. The van der Waals surface area contributed by atoms with Gasteiger partial charge >= 0.3 is 0 Å². The van der Waals surface area contributed by atoms with Crippen molar-refractivity contribution < 1.29 is 9.18 Å². The Morgan fingerprint density at radius 1 is 1.53 bits per heavy atom. The number of benzene rings is 1. The monoisotopic (exact) mass is 238 g/mol. The molecule has 3 nitrogen and oxygen atoms in total. The highest BCUT2D eigenvalue weighted by Crippen LogP contribution is 2.16. The first kappa shape index (κ1) is 13.6. The average molecular weight is 238 g/mol. The topological polar surface area (TPSA) is 32.3 Å². The Labute approximate surface area is 102 Å². The van der Waals surface area contributed by atoms with Crippen LogP contribution in [0.4, 0.5) is 10.1 Å². The third-order valence-electron chi connectivity index (χ3n) is 2.65. The molecule has 0 aromatic heterocycles. The lowest BCUT2D eigenvalue weighted by Crippen LogP contribution is -2.36. The van der Waals surface area contributed by atoms with Gasteiger partial charge in [0.2, 0.25) is 5.91 Å². The fraction of sp³-hybridized carbons (Fsp3) is 0.462. The molecular formula is C13H19FN2O. The summed E-state index contributed by atoms with van der Waals surface area (Å²) < 4.78 is 13.0. The molecule has 1 rings (SSSR count). The highest BCUT2D eigenvalue weighted by atomic mass is 19.1. The molecule has 0 aliphatic carbocycles. The van der Waals surface area contributed by atoms with Crippen LogP contribution < -0.4 is 10.2 Å². The number of halogens is 1. The van der Waals surface area contributed by atoms with Gasteiger partial charge in [0, 0.05) is 25.2 Å². The molecule has 1 unspecified atom stereocenters. The summed E-state index contributed by atoms with van der Waals surface area (Å²) in [5.74, 6) is -0.471. The second kappa shape index (κ2) is 6.35. The number of hydrogen-bond acceptors (Lipinski definition) is 2.